The zero-order valence-electron chi connectivity index (χ0n) is 12.3. The molecule has 1 aromatic rings. The maximum atomic E-state index is 12.5. The largest absolute Gasteiger partial charge is 0.390 e. The number of rotatable bonds is 4. The summed E-state index contributed by atoms with van der Waals surface area (Å²) in [7, 11) is -7.32. The van der Waals surface area contributed by atoms with Crippen LogP contribution >= 0.6 is 0 Å². The molecule has 0 unspecified atom stereocenters. The van der Waals surface area contributed by atoms with Gasteiger partial charge in [-0.15, -0.1) is 0 Å². The molecule has 128 valence electrons. The predicted molar refractivity (Wildman–Crippen MR) is 80.8 cm³/mol. The highest BCUT2D eigenvalue weighted by atomic mass is 32.2. The predicted octanol–water partition coefficient (Wildman–Crippen LogP) is -0.927. The van der Waals surface area contributed by atoms with Gasteiger partial charge >= 0.3 is 0 Å². The molecule has 0 spiro atoms. The Morgan fingerprint density at radius 2 is 1.30 bits per heavy atom. The molecular formula is C13H18N2O6S2. The van der Waals surface area contributed by atoms with Crippen LogP contribution in [-0.4, -0.2) is 76.0 Å². The van der Waals surface area contributed by atoms with Crippen molar-refractivity contribution >= 4 is 20.0 Å². The molecule has 0 bridgehead atoms. The molecule has 0 aliphatic carbocycles. The van der Waals surface area contributed by atoms with Crippen LogP contribution in [-0.2, 0) is 24.8 Å². The normalized spacial score (nSPS) is 22.0. The number of hydrogen-bond acceptors (Lipinski definition) is 6. The summed E-state index contributed by atoms with van der Waals surface area (Å²) >= 11 is 0. The van der Waals surface area contributed by atoms with Gasteiger partial charge in [-0.05, 0) is 24.3 Å². The van der Waals surface area contributed by atoms with E-state index in [4.69, 9.17) is 4.74 Å². The number of nitrogens with zero attached hydrogens (tertiary/aromatic N) is 2. The van der Waals surface area contributed by atoms with Gasteiger partial charge in [-0.1, -0.05) is 0 Å². The monoisotopic (exact) mass is 362 g/mol. The Balaban J connectivity index is 1.82. The number of aliphatic hydroxyl groups is 1. The maximum absolute atomic E-state index is 12.5. The van der Waals surface area contributed by atoms with E-state index >= 15 is 0 Å². The summed E-state index contributed by atoms with van der Waals surface area (Å²) in [5.41, 5.74) is 0. The summed E-state index contributed by atoms with van der Waals surface area (Å²) in [4.78, 5) is 0.0762. The molecule has 23 heavy (non-hydrogen) atoms. The molecule has 8 nitrogen and oxygen atoms in total. The average Bonchev–Trinajstić information content (AvgIpc) is 2.53. The third-order valence-corrected chi connectivity index (χ3v) is 7.66. The molecule has 1 aromatic carbocycles. The number of ether oxygens (including phenoxy) is 1. The SMILES string of the molecule is O=S(=O)(c1ccc(S(=O)(=O)N2CC(O)C2)cc1)N1CCOCC1. The van der Waals surface area contributed by atoms with Crippen molar-refractivity contribution in [2.24, 2.45) is 0 Å². The second kappa shape index (κ2) is 6.11. The van der Waals surface area contributed by atoms with Crippen LogP contribution in [0.1, 0.15) is 0 Å². The van der Waals surface area contributed by atoms with E-state index in [0.717, 1.165) is 4.31 Å². The Bertz CT molecular complexity index is 763. The number of benzene rings is 1. The molecule has 2 aliphatic rings. The molecule has 0 aromatic heterocycles. The van der Waals surface area contributed by atoms with Gasteiger partial charge in [-0.25, -0.2) is 16.8 Å². The van der Waals surface area contributed by atoms with Gasteiger partial charge in [0.1, 0.15) is 0 Å². The fraction of sp³-hybridized carbons (Fsp3) is 0.538. The van der Waals surface area contributed by atoms with Gasteiger partial charge in [-0.3, -0.25) is 0 Å². The van der Waals surface area contributed by atoms with Crippen LogP contribution in [0.25, 0.3) is 0 Å². The summed E-state index contributed by atoms with van der Waals surface area (Å²) in [5, 5.41) is 9.22. The van der Waals surface area contributed by atoms with Crippen LogP contribution in [0, 0.1) is 0 Å². The fourth-order valence-corrected chi connectivity index (χ4v) is 5.40. The minimum Gasteiger partial charge on any atom is -0.390 e. The second-order valence-corrected chi connectivity index (χ2v) is 9.34. The van der Waals surface area contributed by atoms with Gasteiger partial charge in [0.15, 0.2) is 0 Å². The van der Waals surface area contributed by atoms with Crippen molar-refractivity contribution in [1.82, 2.24) is 8.61 Å². The van der Waals surface area contributed by atoms with Crippen molar-refractivity contribution in [3.05, 3.63) is 24.3 Å². The Morgan fingerprint density at radius 3 is 1.74 bits per heavy atom. The zero-order valence-corrected chi connectivity index (χ0v) is 14.0. The minimum absolute atomic E-state index is 0.0188. The molecule has 3 rings (SSSR count). The molecule has 2 fully saturated rings. The summed E-state index contributed by atoms with van der Waals surface area (Å²) in [5.74, 6) is 0. The molecule has 2 aliphatic heterocycles. The first kappa shape index (κ1) is 16.8. The van der Waals surface area contributed by atoms with E-state index < -0.39 is 26.2 Å². The van der Waals surface area contributed by atoms with Gasteiger partial charge in [0.05, 0.1) is 29.1 Å². The Morgan fingerprint density at radius 1 is 0.870 bits per heavy atom. The lowest BCUT2D eigenvalue weighted by Gasteiger charge is -2.34. The molecule has 0 saturated carbocycles. The molecule has 2 saturated heterocycles. The van der Waals surface area contributed by atoms with E-state index in [9.17, 15) is 21.9 Å². The van der Waals surface area contributed by atoms with Gasteiger partial charge in [0, 0.05) is 26.2 Å². The summed E-state index contributed by atoms with van der Waals surface area (Å²) in [6.45, 7) is 1.40. The number of aliphatic hydroxyl groups excluding tert-OH is 1. The first-order valence-corrected chi connectivity index (χ1v) is 10.1. The van der Waals surface area contributed by atoms with Gasteiger partial charge in [-0.2, -0.15) is 8.61 Å². The zero-order chi connectivity index (χ0) is 16.7. The van der Waals surface area contributed by atoms with Gasteiger partial charge in [0.2, 0.25) is 20.0 Å². The lowest BCUT2D eigenvalue weighted by atomic mass is 10.2. The number of β-amino-alcohol motifs (C(OH)–C–C–N with tert-alkyl or cyclic N) is 1. The topological polar surface area (TPSA) is 104 Å². The second-order valence-electron chi connectivity index (χ2n) is 5.46. The molecule has 10 heteroatoms. The quantitative estimate of drug-likeness (QED) is 0.742. The average molecular weight is 362 g/mol. The van der Waals surface area contributed by atoms with Gasteiger partial charge in [0.25, 0.3) is 0 Å². The first-order chi connectivity index (χ1) is 10.8. The van der Waals surface area contributed by atoms with E-state index in [1.807, 2.05) is 0 Å². The van der Waals surface area contributed by atoms with Crippen molar-refractivity contribution in [3.8, 4) is 0 Å². The van der Waals surface area contributed by atoms with Crippen LogP contribution in [0.15, 0.2) is 34.1 Å². The van der Waals surface area contributed by atoms with Gasteiger partial charge < -0.3 is 9.84 Å². The van der Waals surface area contributed by atoms with E-state index in [0.29, 0.717) is 13.2 Å². The van der Waals surface area contributed by atoms with Crippen LogP contribution in [0.3, 0.4) is 0 Å². The number of morpholine rings is 1. The van der Waals surface area contributed by atoms with Crippen LogP contribution < -0.4 is 0 Å². The lowest BCUT2D eigenvalue weighted by Crippen LogP contribution is -2.53. The third kappa shape index (κ3) is 3.14. The van der Waals surface area contributed by atoms with Crippen molar-refractivity contribution in [3.63, 3.8) is 0 Å². The maximum Gasteiger partial charge on any atom is 0.243 e. The first-order valence-electron chi connectivity index (χ1n) is 7.18. The standard InChI is InChI=1S/C13H18N2O6S2/c16-11-9-15(10-11)23(19,20)13-3-1-12(2-4-13)22(17,18)14-5-7-21-8-6-14/h1-4,11,16H,5-10H2. The lowest BCUT2D eigenvalue weighted by molar-refractivity contribution is 0.0548. The smallest absolute Gasteiger partial charge is 0.243 e. The van der Waals surface area contributed by atoms with E-state index in [1.165, 1.54) is 28.6 Å². The van der Waals surface area contributed by atoms with Crippen molar-refractivity contribution in [2.45, 2.75) is 15.9 Å². The summed E-state index contributed by atoms with van der Waals surface area (Å²) in [6, 6.07) is 5.17. The van der Waals surface area contributed by atoms with Crippen molar-refractivity contribution in [2.75, 3.05) is 39.4 Å². The van der Waals surface area contributed by atoms with Crippen molar-refractivity contribution < 1.29 is 26.7 Å². The van der Waals surface area contributed by atoms with E-state index in [-0.39, 0.29) is 36.0 Å². The van der Waals surface area contributed by atoms with Crippen molar-refractivity contribution in [1.29, 1.82) is 0 Å². The number of hydrogen-bond donors (Lipinski definition) is 1. The highest BCUT2D eigenvalue weighted by molar-refractivity contribution is 7.89. The Labute approximate surface area is 135 Å². The van der Waals surface area contributed by atoms with Crippen LogP contribution in [0.2, 0.25) is 0 Å². The third-order valence-electron chi connectivity index (χ3n) is 3.90. The van der Waals surface area contributed by atoms with E-state index in [1.54, 1.807) is 0 Å². The molecule has 2 heterocycles. The van der Waals surface area contributed by atoms with Crippen LogP contribution in [0.5, 0.6) is 0 Å². The molecule has 1 N–H and O–H groups in total. The minimum atomic E-state index is -3.68. The Hall–Kier alpha value is -1.04. The summed E-state index contributed by atoms with van der Waals surface area (Å²) in [6.07, 6.45) is -0.634. The van der Waals surface area contributed by atoms with E-state index in [2.05, 4.69) is 0 Å². The number of sulfonamides is 2. The summed E-state index contributed by atoms with van der Waals surface area (Å²) < 4.78 is 57.1. The highest BCUT2D eigenvalue weighted by Gasteiger charge is 2.36. The molecule has 0 amide bonds. The fourth-order valence-electron chi connectivity index (χ4n) is 2.48. The molecular weight excluding hydrogens is 344 g/mol. The van der Waals surface area contributed by atoms with Crippen LogP contribution in [0.4, 0.5) is 0 Å². The highest BCUT2D eigenvalue weighted by Crippen LogP contribution is 2.24. The molecule has 0 atom stereocenters. The molecule has 0 radical (unpaired) electrons. The Kier molecular flexibility index (Phi) is 4.47.